The molecule has 118 valence electrons. The molecule has 2 saturated heterocycles. The van der Waals surface area contributed by atoms with E-state index in [1.54, 1.807) is 17.2 Å². The molecule has 2 aliphatic heterocycles. The highest BCUT2D eigenvalue weighted by atomic mass is 32.7. The summed E-state index contributed by atoms with van der Waals surface area (Å²) in [5.74, 6) is 0.325. The van der Waals surface area contributed by atoms with Gasteiger partial charge in [0.1, 0.15) is 30.3 Å². The van der Waals surface area contributed by atoms with Crippen LogP contribution in [0.15, 0.2) is 12.7 Å². The smallest absolute Gasteiger partial charge is 0.382 e. The third kappa shape index (κ3) is 2.22. The van der Waals surface area contributed by atoms with Crippen LogP contribution in [0.2, 0.25) is 0 Å². The van der Waals surface area contributed by atoms with Crippen molar-refractivity contribution in [3.8, 4) is 0 Å². The summed E-state index contributed by atoms with van der Waals surface area (Å²) < 4.78 is 30.8. The van der Waals surface area contributed by atoms with Gasteiger partial charge in [-0.05, 0) is 17.6 Å². The van der Waals surface area contributed by atoms with Crippen LogP contribution in [-0.4, -0.2) is 44.6 Å². The van der Waals surface area contributed by atoms with Crippen LogP contribution in [0, 0.1) is 0 Å². The first-order valence-corrected chi connectivity index (χ1v) is 10.0. The van der Waals surface area contributed by atoms with E-state index in [0.717, 1.165) is 11.4 Å². The first kappa shape index (κ1) is 14.4. The Balaban J connectivity index is 1.62. The Morgan fingerprint density at radius 1 is 1.41 bits per heavy atom. The Morgan fingerprint density at radius 2 is 2.27 bits per heavy atom. The minimum atomic E-state index is -3.06. The zero-order valence-corrected chi connectivity index (χ0v) is 13.4. The van der Waals surface area contributed by atoms with E-state index in [4.69, 9.17) is 19.5 Å². The molecule has 2 fully saturated rings. The summed E-state index contributed by atoms with van der Waals surface area (Å²) in [7, 11) is 0. The highest BCUT2D eigenvalue weighted by Crippen LogP contribution is 2.64. The number of imidazole rings is 1. The number of nitrogens with zero attached hydrogens (tertiary/aromatic N) is 4. The van der Waals surface area contributed by atoms with E-state index in [9.17, 15) is 4.57 Å². The second-order valence-corrected chi connectivity index (χ2v) is 9.18. The zero-order chi connectivity index (χ0) is 15.3. The summed E-state index contributed by atoms with van der Waals surface area (Å²) >= 11 is 1.10. The summed E-state index contributed by atoms with van der Waals surface area (Å²) in [5, 5.41) is 0. The molecule has 11 heteroatoms. The van der Waals surface area contributed by atoms with E-state index in [-0.39, 0.29) is 25.0 Å². The number of ether oxygens (including phenoxy) is 1. The monoisotopic (exact) mass is 343 g/mol. The first-order valence-electron chi connectivity index (χ1n) is 6.67. The van der Waals surface area contributed by atoms with Crippen LogP contribution in [0.25, 0.3) is 11.2 Å². The molecule has 0 aromatic carbocycles. The van der Waals surface area contributed by atoms with Gasteiger partial charge in [-0.3, -0.25) is 13.6 Å². The van der Waals surface area contributed by atoms with Gasteiger partial charge in [0.2, 0.25) is 0 Å². The second kappa shape index (κ2) is 5.17. The summed E-state index contributed by atoms with van der Waals surface area (Å²) in [6.07, 6.45) is 4.42. The van der Waals surface area contributed by atoms with Crippen LogP contribution in [0.1, 0.15) is 12.6 Å². The van der Waals surface area contributed by atoms with Gasteiger partial charge in [-0.2, -0.15) is 0 Å². The number of aromatic nitrogens is 4. The fraction of sp³-hybridized carbons (Fsp3) is 0.545. The molecule has 4 atom stereocenters. The lowest BCUT2D eigenvalue weighted by Gasteiger charge is -2.29. The van der Waals surface area contributed by atoms with Crippen LogP contribution in [-0.2, 0) is 18.3 Å². The van der Waals surface area contributed by atoms with Crippen molar-refractivity contribution in [2.45, 2.75) is 24.9 Å². The molecule has 4 heterocycles. The average molecular weight is 343 g/mol. The van der Waals surface area contributed by atoms with Crippen molar-refractivity contribution in [2.75, 3.05) is 18.6 Å². The quantitative estimate of drug-likeness (QED) is 0.811. The third-order valence-electron chi connectivity index (χ3n) is 3.76. The van der Waals surface area contributed by atoms with Crippen LogP contribution < -0.4 is 5.73 Å². The van der Waals surface area contributed by atoms with Crippen molar-refractivity contribution in [3.05, 3.63) is 12.7 Å². The van der Waals surface area contributed by atoms with Gasteiger partial charge < -0.3 is 10.5 Å². The molecule has 2 aliphatic rings. The molecule has 4 rings (SSSR count). The normalized spacial score (nSPS) is 34.9. The van der Waals surface area contributed by atoms with Gasteiger partial charge in [-0.25, -0.2) is 19.5 Å². The highest BCUT2D eigenvalue weighted by Gasteiger charge is 2.46. The summed E-state index contributed by atoms with van der Waals surface area (Å²) in [4.78, 5) is 12.3. The number of nitrogen functional groups attached to an aromatic ring is 1. The average Bonchev–Trinajstić information content (AvgIpc) is 3.11. The molecule has 9 nitrogen and oxygen atoms in total. The predicted octanol–water partition coefficient (Wildman–Crippen LogP) is 1.58. The molecule has 2 N–H and O–H groups in total. The molecule has 3 unspecified atom stereocenters. The Hall–Kier alpha value is -1.19. The van der Waals surface area contributed by atoms with E-state index in [2.05, 4.69) is 15.0 Å². The van der Waals surface area contributed by atoms with Crippen molar-refractivity contribution >= 4 is 35.2 Å². The number of rotatable bonds is 2. The molecule has 0 saturated carbocycles. The Labute approximate surface area is 129 Å². The predicted molar refractivity (Wildman–Crippen MR) is 80.2 cm³/mol. The van der Waals surface area contributed by atoms with Crippen LogP contribution >= 0.6 is 18.2 Å². The second-order valence-electron chi connectivity index (χ2n) is 5.02. The number of nitrogens with two attached hydrogens (primary N) is 1. The van der Waals surface area contributed by atoms with Gasteiger partial charge >= 0.3 is 6.80 Å². The van der Waals surface area contributed by atoms with E-state index < -0.39 is 6.80 Å². The molecule has 0 spiro atoms. The lowest BCUT2D eigenvalue weighted by Crippen LogP contribution is -2.32. The Bertz CT molecular complexity index is 770. The minimum Gasteiger partial charge on any atom is -0.382 e. The number of anilines is 1. The minimum absolute atomic E-state index is 0.253. The maximum Gasteiger partial charge on any atom is 0.389 e. The molecule has 0 aliphatic carbocycles. The topological polar surface area (TPSA) is 114 Å². The molecule has 0 radical (unpaired) electrons. The van der Waals surface area contributed by atoms with Gasteiger partial charge in [-0.1, -0.05) is 0 Å². The Kier molecular flexibility index (Phi) is 3.39. The summed E-state index contributed by atoms with van der Waals surface area (Å²) in [5.41, 5.74) is 6.92. The van der Waals surface area contributed by atoms with Gasteiger partial charge in [0, 0.05) is 6.42 Å². The zero-order valence-electron chi connectivity index (χ0n) is 11.7. The molecular formula is C11H14N5O4PS. The fourth-order valence-electron chi connectivity index (χ4n) is 2.67. The van der Waals surface area contributed by atoms with E-state index >= 15 is 0 Å². The van der Waals surface area contributed by atoms with E-state index in [0.29, 0.717) is 23.4 Å². The van der Waals surface area contributed by atoms with Gasteiger partial charge in [0.15, 0.2) is 11.5 Å². The van der Waals surface area contributed by atoms with Gasteiger partial charge in [0.05, 0.1) is 12.9 Å². The summed E-state index contributed by atoms with van der Waals surface area (Å²) in [6.45, 7) is -2.80. The van der Waals surface area contributed by atoms with Crippen LogP contribution in [0.3, 0.4) is 0 Å². The molecule has 22 heavy (non-hydrogen) atoms. The summed E-state index contributed by atoms with van der Waals surface area (Å²) in [6, 6.07) is 0. The van der Waals surface area contributed by atoms with E-state index in [1.807, 2.05) is 0 Å². The number of fused-ring (bicyclic) bond motifs is 2. The van der Waals surface area contributed by atoms with Crippen molar-refractivity contribution < 1.29 is 18.3 Å². The standard InChI is InChI=1S/C11H14N5O4PS/c1-22-21(17)18-3-7-6(20-21)2-8(19-7)16-5-15-9-10(12)13-4-14-11(9)16/h4-8H,2-3H2,1H3,(H2,12,13,14)/t6?,7?,8-,21?/m1/s1. The molecule has 2 aromatic heterocycles. The van der Waals surface area contributed by atoms with Crippen molar-refractivity contribution in [1.82, 2.24) is 19.5 Å². The van der Waals surface area contributed by atoms with Gasteiger partial charge in [-0.15, -0.1) is 0 Å². The van der Waals surface area contributed by atoms with Crippen LogP contribution in [0.5, 0.6) is 0 Å². The largest absolute Gasteiger partial charge is 0.389 e. The lowest BCUT2D eigenvalue weighted by atomic mass is 10.2. The third-order valence-corrected chi connectivity index (χ3v) is 7.12. The van der Waals surface area contributed by atoms with Crippen molar-refractivity contribution in [2.24, 2.45) is 0 Å². The molecular weight excluding hydrogens is 329 g/mol. The Morgan fingerprint density at radius 3 is 3.09 bits per heavy atom. The van der Waals surface area contributed by atoms with E-state index in [1.165, 1.54) is 6.33 Å². The molecule has 0 amide bonds. The lowest BCUT2D eigenvalue weighted by molar-refractivity contribution is -0.0536. The number of hydrogen-bond acceptors (Lipinski definition) is 9. The fourth-order valence-corrected chi connectivity index (χ4v) is 4.89. The molecule has 2 aromatic rings. The number of hydrogen-bond donors (Lipinski definition) is 1. The first-order chi connectivity index (χ1) is 10.6. The highest BCUT2D eigenvalue weighted by molar-refractivity contribution is 8.54. The van der Waals surface area contributed by atoms with Crippen molar-refractivity contribution in [3.63, 3.8) is 0 Å². The van der Waals surface area contributed by atoms with Gasteiger partial charge in [0.25, 0.3) is 0 Å². The van der Waals surface area contributed by atoms with Crippen LogP contribution in [0.4, 0.5) is 5.82 Å². The maximum absolute atomic E-state index is 12.2. The SMILES string of the molecule is CSP1(=O)OCC2O[C@@H](n3cnc4c(N)ncnc43)CC2O1. The molecule has 0 bridgehead atoms. The van der Waals surface area contributed by atoms with Crippen molar-refractivity contribution in [1.29, 1.82) is 0 Å². The maximum atomic E-state index is 12.2.